The zero-order chi connectivity index (χ0) is 20.7. The summed E-state index contributed by atoms with van der Waals surface area (Å²) in [5.74, 6) is 1.00. The van der Waals surface area contributed by atoms with Gasteiger partial charge in [0.1, 0.15) is 12.1 Å². The van der Waals surface area contributed by atoms with Gasteiger partial charge in [0.15, 0.2) is 5.65 Å². The van der Waals surface area contributed by atoms with Crippen LogP contribution in [0.15, 0.2) is 61.1 Å². The molecule has 1 saturated heterocycles. The van der Waals surface area contributed by atoms with Gasteiger partial charge in [0.05, 0.1) is 5.39 Å². The van der Waals surface area contributed by atoms with Crippen LogP contribution in [0, 0.1) is 6.92 Å². The van der Waals surface area contributed by atoms with Crippen molar-refractivity contribution in [2.45, 2.75) is 6.92 Å². The number of aromatic nitrogens is 3. The highest BCUT2D eigenvalue weighted by molar-refractivity contribution is 6.31. The third-order valence-corrected chi connectivity index (χ3v) is 6.29. The van der Waals surface area contributed by atoms with Gasteiger partial charge in [0, 0.05) is 48.6 Å². The van der Waals surface area contributed by atoms with Gasteiger partial charge in [-0.05, 0) is 37.2 Å². The summed E-state index contributed by atoms with van der Waals surface area (Å²) in [7, 11) is 2.17. The monoisotopic (exact) mass is 417 g/mol. The first kappa shape index (κ1) is 19.1. The number of halogens is 1. The Morgan fingerprint density at radius 2 is 1.70 bits per heavy atom. The molecule has 1 aliphatic rings. The second-order valence-electron chi connectivity index (χ2n) is 7.90. The lowest BCUT2D eigenvalue weighted by Crippen LogP contribution is -2.44. The molecule has 5 rings (SSSR count). The lowest BCUT2D eigenvalue weighted by molar-refractivity contribution is 0.312. The van der Waals surface area contributed by atoms with E-state index in [1.54, 1.807) is 6.33 Å². The fourth-order valence-corrected chi connectivity index (χ4v) is 4.24. The standard InChI is InChI=1S/C24H24ClN5/c1-17-8-9-19(14-21(17)25)30-15-20(18-6-4-3-5-7-18)22-23(26-16-27-24(22)30)29-12-10-28(2)11-13-29/h3-9,14-16H,10-13H2,1-2H3. The Kier molecular flexibility index (Phi) is 4.93. The highest BCUT2D eigenvalue weighted by Gasteiger charge is 2.23. The Morgan fingerprint density at radius 1 is 0.933 bits per heavy atom. The molecule has 0 bridgehead atoms. The van der Waals surface area contributed by atoms with Gasteiger partial charge < -0.3 is 14.4 Å². The van der Waals surface area contributed by atoms with Crippen molar-refractivity contribution >= 4 is 28.5 Å². The van der Waals surface area contributed by atoms with Crippen LogP contribution in [-0.2, 0) is 0 Å². The molecule has 2 aromatic carbocycles. The number of anilines is 1. The van der Waals surface area contributed by atoms with Crippen LogP contribution in [0.2, 0.25) is 5.02 Å². The molecule has 2 aromatic heterocycles. The van der Waals surface area contributed by atoms with E-state index in [4.69, 9.17) is 21.6 Å². The lowest BCUT2D eigenvalue weighted by Gasteiger charge is -2.33. The van der Waals surface area contributed by atoms with Gasteiger partial charge in [-0.3, -0.25) is 0 Å². The molecule has 30 heavy (non-hydrogen) atoms. The summed E-state index contributed by atoms with van der Waals surface area (Å²) >= 11 is 6.45. The molecular formula is C24H24ClN5. The Hall–Kier alpha value is -2.89. The molecule has 1 fully saturated rings. The zero-order valence-corrected chi connectivity index (χ0v) is 18.0. The number of hydrogen-bond acceptors (Lipinski definition) is 4. The molecule has 152 valence electrons. The van der Waals surface area contributed by atoms with Gasteiger partial charge >= 0.3 is 0 Å². The van der Waals surface area contributed by atoms with Crippen molar-refractivity contribution in [1.29, 1.82) is 0 Å². The van der Waals surface area contributed by atoms with Gasteiger partial charge in [-0.1, -0.05) is 48.0 Å². The molecule has 0 aliphatic carbocycles. The van der Waals surface area contributed by atoms with E-state index in [1.165, 1.54) is 0 Å². The minimum atomic E-state index is 0.754. The normalized spacial score (nSPS) is 15.1. The van der Waals surface area contributed by atoms with Gasteiger partial charge in [-0.15, -0.1) is 0 Å². The number of rotatable bonds is 3. The number of nitrogens with zero attached hydrogens (tertiary/aromatic N) is 5. The van der Waals surface area contributed by atoms with E-state index in [9.17, 15) is 0 Å². The van der Waals surface area contributed by atoms with Crippen LogP contribution in [0.25, 0.3) is 27.8 Å². The molecular weight excluding hydrogens is 394 g/mol. The van der Waals surface area contributed by atoms with Gasteiger partial charge in [-0.2, -0.15) is 0 Å². The molecule has 0 amide bonds. The lowest BCUT2D eigenvalue weighted by atomic mass is 10.1. The molecule has 5 nitrogen and oxygen atoms in total. The molecule has 0 saturated carbocycles. The fourth-order valence-electron chi connectivity index (χ4n) is 4.07. The topological polar surface area (TPSA) is 37.2 Å². The molecule has 0 radical (unpaired) electrons. The van der Waals surface area contributed by atoms with Crippen molar-refractivity contribution < 1.29 is 0 Å². The third-order valence-electron chi connectivity index (χ3n) is 5.88. The van der Waals surface area contributed by atoms with Crippen molar-refractivity contribution in [3.05, 3.63) is 71.6 Å². The first-order chi connectivity index (χ1) is 14.6. The van der Waals surface area contributed by atoms with Crippen molar-refractivity contribution in [2.24, 2.45) is 0 Å². The maximum Gasteiger partial charge on any atom is 0.150 e. The SMILES string of the molecule is Cc1ccc(-n2cc(-c3ccccc3)c3c(N4CCN(C)CC4)ncnc32)cc1Cl. The maximum absolute atomic E-state index is 6.45. The van der Waals surface area contributed by atoms with Gasteiger partial charge in [0.25, 0.3) is 0 Å². The average Bonchev–Trinajstić information content (AvgIpc) is 3.17. The molecule has 3 heterocycles. The summed E-state index contributed by atoms with van der Waals surface area (Å²) in [6.07, 6.45) is 3.84. The van der Waals surface area contributed by atoms with Crippen molar-refractivity contribution in [3.8, 4) is 16.8 Å². The van der Waals surface area contributed by atoms with Crippen LogP contribution in [0.3, 0.4) is 0 Å². The van der Waals surface area contributed by atoms with Crippen LogP contribution in [0.4, 0.5) is 5.82 Å². The van der Waals surface area contributed by atoms with E-state index in [0.29, 0.717) is 0 Å². The first-order valence-corrected chi connectivity index (χ1v) is 10.6. The predicted octanol–water partition coefficient (Wildman–Crippen LogP) is 4.80. The average molecular weight is 418 g/mol. The third kappa shape index (κ3) is 3.34. The van der Waals surface area contributed by atoms with E-state index >= 15 is 0 Å². The summed E-state index contributed by atoms with van der Waals surface area (Å²) < 4.78 is 2.13. The molecule has 6 heteroatoms. The summed E-state index contributed by atoms with van der Waals surface area (Å²) in [6.45, 7) is 5.99. The Balaban J connectivity index is 1.75. The summed E-state index contributed by atoms with van der Waals surface area (Å²) in [5.41, 5.74) is 5.26. The van der Waals surface area contributed by atoms with Crippen molar-refractivity contribution in [1.82, 2.24) is 19.4 Å². The summed E-state index contributed by atoms with van der Waals surface area (Å²) in [4.78, 5) is 14.2. The fraction of sp³-hybridized carbons (Fsp3) is 0.250. The molecule has 0 N–H and O–H groups in total. The van der Waals surface area contributed by atoms with Crippen molar-refractivity contribution in [2.75, 3.05) is 38.1 Å². The first-order valence-electron chi connectivity index (χ1n) is 10.2. The number of likely N-dealkylation sites (N-methyl/N-ethyl adjacent to an activating group) is 1. The van der Waals surface area contributed by atoms with E-state index in [1.807, 2.05) is 25.1 Å². The number of aryl methyl sites for hydroxylation is 1. The van der Waals surface area contributed by atoms with Crippen molar-refractivity contribution in [3.63, 3.8) is 0 Å². The Morgan fingerprint density at radius 3 is 2.43 bits per heavy atom. The van der Waals surface area contributed by atoms with Gasteiger partial charge in [0.2, 0.25) is 0 Å². The smallest absolute Gasteiger partial charge is 0.150 e. The molecule has 0 unspecified atom stereocenters. The van der Waals surface area contributed by atoms with E-state index in [0.717, 1.165) is 70.4 Å². The number of benzene rings is 2. The van der Waals surface area contributed by atoms with E-state index < -0.39 is 0 Å². The highest BCUT2D eigenvalue weighted by Crippen LogP contribution is 2.37. The summed E-state index contributed by atoms with van der Waals surface area (Å²) in [6, 6.07) is 16.6. The van der Waals surface area contributed by atoms with Crippen LogP contribution in [-0.4, -0.2) is 52.7 Å². The predicted molar refractivity (Wildman–Crippen MR) is 124 cm³/mol. The van der Waals surface area contributed by atoms with Crippen LogP contribution in [0.1, 0.15) is 5.56 Å². The van der Waals surface area contributed by atoms with Crippen LogP contribution >= 0.6 is 11.6 Å². The second kappa shape index (κ2) is 7.74. The summed E-state index contributed by atoms with van der Waals surface area (Å²) in [5, 5.41) is 1.84. The largest absolute Gasteiger partial charge is 0.353 e. The van der Waals surface area contributed by atoms with Crippen LogP contribution < -0.4 is 4.90 Å². The number of piperazine rings is 1. The van der Waals surface area contributed by atoms with E-state index in [2.05, 4.69) is 57.9 Å². The van der Waals surface area contributed by atoms with E-state index in [-0.39, 0.29) is 0 Å². The molecule has 4 aromatic rings. The number of fused-ring (bicyclic) bond motifs is 1. The Labute approximate surface area is 181 Å². The maximum atomic E-state index is 6.45. The Bertz CT molecular complexity index is 1190. The number of hydrogen-bond donors (Lipinski definition) is 0. The second-order valence-corrected chi connectivity index (χ2v) is 8.31. The zero-order valence-electron chi connectivity index (χ0n) is 17.2. The quantitative estimate of drug-likeness (QED) is 0.479. The van der Waals surface area contributed by atoms with Gasteiger partial charge in [-0.25, -0.2) is 9.97 Å². The minimum Gasteiger partial charge on any atom is -0.353 e. The van der Waals surface area contributed by atoms with Crippen LogP contribution in [0.5, 0.6) is 0 Å². The molecule has 1 aliphatic heterocycles. The minimum absolute atomic E-state index is 0.754. The highest BCUT2D eigenvalue weighted by atomic mass is 35.5. The molecule has 0 spiro atoms. The molecule has 0 atom stereocenters.